The Bertz CT molecular complexity index is 2550. The Balaban J connectivity index is 1.01. The van der Waals surface area contributed by atoms with E-state index in [9.17, 15) is 19.2 Å². The largest absolute Gasteiger partial charge is 0.456 e. The number of imidazole rings is 2. The highest BCUT2D eigenvalue weighted by molar-refractivity contribution is 6.07. The van der Waals surface area contributed by atoms with Crippen molar-refractivity contribution in [3.05, 3.63) is 72.4 Å². The summed E-state index contributed by atoms with van der Waals surface area (Å²) in [4.78, 5) is 71.5. The zero-order valence-electron chi connectivity index (χ0n) is 34.1. The van der Waals surface area contributed by atoms with Gasteiger partial charge in [-0.15, -0.1) is 0 Å². The van der Waals surface area contributed by atoms with Gasteiger partial charge in [0.15, 0.2) is 0 Å². The van der Waals surface area contributed by atoms with Crippen LogP contribution in [0.1, 0.15) is 77.1 Å². The average molecular weight is 803 g/mol. The van der Waals surface area contributed by atoms with E-state index in [1.807, 2.05) is 62.9 Å². The number of rotatable bonds is 10. The van der Waals surface area contributed by atoms with Crippen LogP contribution in [0.15, 0.2) is 65.2 Å². The number of aromatic amines is 2. The maximum atomic E-state index is 13.7. The Labute approximate surface area is 341 Å². The van der Waals surface area contributed by atoms with E-state index in [2.05, 4.69) is 44.9 Å². The second kappa shape index (κ2) is 16.1. The maximum absolute atomic E-state index is 13.7. The lowest BCUT2D eigenvalue weighted by Gasteiger charge is -2.30. The molecule has 4 unspecified atom stereocenters. The molecule has 4 atom stereocenters. The van der Waals surface area contributed by atoms with Gasteiger partial charge in [0.05, 0.1) is 49.2 Å². The van der Waals surface area contributed by atoms with Crippen LogP contribution < -0.4 is 10.6 Å². The second-order valence-electron chi connectivity index (χ2n) is 16.2. The number of methoxy groups -OCH3 is 2. The van der Waals surface area contributed by atoms with Gasteiger partial charge in [0.1, 0.15) is 34.9 Å². The van der Waals surface area contributed by atoms with Gasteiger partial charge in [-0.05, 0) is 85.0 Å². The minimum absolute atomic E-state index is 0.117. The molecule has 3 aromatic carbocycles. The van der Waals surface area contributed by atoms with Crippen LogP contribution >= 0.6 is 0 Å². The molecule has 4 amide bonds. The first-order chi connectivity index (χ1) is 28.4. The quantitative estimate of drug-likeness (QED) is 0.108. The van der Waals surface area contributed by atoms with E-state index in [-0.39, 0.29) is 35.7 Å². The van der Waals surface area contributed by atoms with E-state index in [0.717, 1.165) is 86.9 Å². The van der Waals surface area contributed by atoms with Crippen LogP contribution in [0, 0.1) is 11.8 Å². The fourth-order valence-electron chi connectivity index (χ4n) is 8.53. The normalized spacial score (nSPS) is 18.0. The van der Waals surface area contributed by atoms with Crippen LogP contribution in [-0.2, 0) is 19.1 Å². The van der Waals surface area contributed by atoms with Gasteiger partial charge in [-0.25, -0.2) is 19.6 Å². The third-order valence-corrected chi connectivity index (χ3v) is 11.7. The number of aromatic nitrogens is 4. The molecule has 308 valence electrons. The molecule has 5 heterocycles. The van der Waals surface area contributed by atoms with Crippen molar-refractivity contribution in [3.8, 4) is 22.4 Å². The summed E-state index contributed by atoms with van der Waals surface area (Å²) >= 11 is 0. The first-order valence-corrected chi connectivity index (χ1v) is 20.3. The van der Waals surface area contributed by atoms with E-state index >= 15 is 0 Å². The first kappa shape index (κ1) is 39.4. The number of alkyl carbamates (subject to hydrolysis) is 2. The Morgan fingerprint density at radius 3 is 1.81 bits per heavy atom. The lowest BCUT2D eigenvalue weighted by atomic mass is 10.0. The molecule has 59 heavy (non-hydrogen) atoms. The number of benzene rings is 3. The number of amides is 4. The number of carbonyl (C=O) groups is 4. The number of fused-ring (bicyclic) bond motifs is 4. The monoisotopic (exact) mass is 802 g/mol. The number of ether oxygens (including phenoxy) is 2. The highest BCUT2D eigenvalue weighted by Crippen LogP contribution is 2.38. The average Bonchev–Trinajstić information content (AvgIpc) is 4.08. The van der Waals surface area contributed by atoms with Crippen LogP contribution in [0.2, 0.25) is 0 Å². The Morgan fingerprint density at radius 2 is 1.24 bits per heavy atom. The predicted molar refractivity (Wildman–Crippen MR) is 222 cm³/mol. The van der Waals surface area contributed by atoms with Crippen LogP contribution in [0.4, 0.5) is 9.59 Å². The molecule has 0 saturated carbocycles. The Kier molecular flexibility index (Phi) is 10.8. The van der Waals surface area contributed by atoms with E-state index in [4.69, 9.17) is 23.9 Å². The smallest absolute Gasteiger partial charge is 0.407 e. The number of nitrogens with zero attached hydrogens (tertiary/aromatic N) is 4. The van der Waals surface area contributed by atoms with E-state index in [0.29, 0.717) is 18.9 Å². The molecule has 0 radical (unpaired) electrons. The van der Waals surface area contributed by atoms with Gasteiger partial charge in [0.25, 0.3) is 0 Å². The van der Waals surface area contributed by atoms with Gasteiger partial charge in [0, 0.05) is 29.4 Å². The maximum Gasteiger partial charge on any atom is 0.407 e. The summed E-state index contributed by atoms with van der Waals surface area (Å²) in [5, 5.41) is 7.40. The van der Waals surface area contributed by atoms with Crippen molar-refractivity contribution in [1.82, 2.24) is 40.4 Å². The highest BCUT2D eigenvalue weighted by atomic mass is 16.5. The summed E-state index contributed by atoms with van der Waals surface area (Å²) in [6.07, 6.45) is 3.72. The molecule has 2 aliphatic heterocycles. The van der Waals surface area contributed by atoms with Crippen LogP contribution in [0.3, 0.4) is 0 Å². The van der Waals surface area contributed by atoms with Gasteiger partial charge in [-0.2, -0.15) is 0 Å². The van der Waals surface area contributed by atoms with Gasteiger partial charge in [-0.3, -0.25) is 9.59 Å². The zero-order chi connectivity index (χ0) is 41.5. The number of nitrogens with one attached hydrogen (secondary N) is 4. The number of H-pyrrole nitrogens is 2. The van der Waals surface area contributed by atoms with Crippen molar-refractivity contribution in [1.29, 1.82) is 0 Å². The molecule has 2 fully saturated rings. The van der Waals surface area contributed by atoms with Crippen molar-refractivity contribution in [2.75, 3.05) is 27.3 Å². The number of hydrogen-bond donors (Lipinski definition) is 4. The highest BCUT2D eigenvalue weighted by Gasteiger charge is 2.39. The molecule has 4 N–H and O–H groups in total. The number of carbonyl (C=O) groups excluding carboxylic acids is 4. The van der Waals surface area contributed by atoms with E-state index in [1.54, 1.807) is 11.1 Å². The number of likely N-dealkylation sites (tertiary alicyclic amines) is 2. The lowest BCUT2D eigenvalue weighted by Crippen LogP contribution is -2.51. The minimum atomic E-state index is -0.704. The molecule has 15 nitrogen and oxygen atoms in total. The number of hydrogen-bond acceptors (Lipinski definition) is 9. The summed E-state index contributed by atoms with van der Waals surface area (Å²) in [6, 6.07) is 16.5. The minimum Gasteiger partial charge on any atom is -0.456 e. The van der Waals surface area contributed by atoms with Gasteiger partial charge in [-0.1, -0.05) is 45.9 Å². The molecule has 6 aromatic rings. The fourth-order valence-corrected chi connectivity index (χ4v) is 8.53. The lowest BCUT2D eigenvalue weighted by molar-refractivity contribution is -0.136. The fraction of sp³-hybridized carbons (Fsp3) is 0.409. The van der Waals surface area contributed by atoms with Crippen molar-refractivity contribution in [2.24, 2.45) is 11.8 Å². The zero-order valence-corrected chi connectivity index (χ0v) is 34.1. The molecule has 8 rings (SSSR count). The van der Waals surface area contributed by atoms with Crippen molar-refractivity contribution < 1.29 is 33.1 Å². The first-order valence-electron chi connectivity index (χ1n) is 20.3. The standard InChI is InChI=1S/C44H50N8O7/c1-23(2)37(49-43(55)57-5)41(53)51-17-7-9-33(51)39-45-22-32(48-39)27-12-15-29-28-14-11-26(20-35(28)59-36(29)21-27)25-13-16-30-31(19-25)47-40(46-30)34-10-8-18-52(34)42(54)38(24(3)4)50-44(56)58-6/h11-16,19-24,33-34,37-38H,7-10,17-18H2,1-6H3,(H,45,48)(H,46,47)(H,49,55)(H,50,56). The van der Waals surface area contributed by atoms with E-state index < -0.39 is 24.3 Å². The molecule has 15 heteroatoms. The summed E-state index contributed by atoms with van der Waals surface area (Å²) in [5.74, 6) is 0.882. The second-order valence-corrected chi connectivity index (χ2v) is 16.2. The third-order valence-electron chi connectivity index (χ3n) is 11.7. The summed E-state index contributed by atoms with van der Waals surface area (Å²) in [7, 11) is 2.58. The van der Waals surface area contributed by atoms with Crippen LogP contribution in [-0.4, -0.2) is 93.1 Å². The van der Waals surface area contributed by atoms with Gasteiger partial charge < -0.3 is 44.3 Å². The molecule has 0 aliphatic carbocycles. The topological polar surface area (TPSA) is 188 Å². The third kappa shape index (κ3) is 7.56. The molecular formula is C44H50N8O7. The van der Waals surface area contributed by atoms with Crippen molar-refractivity contribution >= 4 is 57.0 Å². The molecule has 0 bridgehead atoms. The molecule has 3 aromatic heterocycles. The molecule has 2 aliphatic rings. The Hall–Kier alpha value is -6.38. The van der Waals surface area contributed by atoms with Crippen LogP contribution in [0.25, 0.3) is 55.4 Å². The predicted octanol–water partition coefficient (Wildman–Crippen LogP) is 7.61. The van der Waals surface area contributed by atoms with Crippen molar-refractivity contribution in [3.63, 3.8) is 0 Å². The van der Waals surface area contributed by atoms with Crippen LogP contribution in [0.5, 0.6) is 0 Å². The summed E-state index contributed by atoms with van der Waals surface area (Å²) in [6.45, 7) is 8.76. The molecule has 2 saturated heterocycles. The molecular weight excluding hydrogens is 753 g/mol. The van der Waals surface area contributed by atoms with Gasteiger partial charge in [0.2, 0.25) is 11.8 Å². The molecule has 0 spiro atoms. The summed E-state index contributed by atoms with van der Waals surface area (Å²) < 4.78 is 16.0. The SMILES string of the molecule is COC(=O)NC(C(=O)N1CCCC1c1ncc(-c2ccc3c(c2)oc2cc(-c4ccc5nc(C6CCCN6C(=O)C(NC(=O)OC)C(C)C)[nH]c5c4)ccc23)[nH]1)C(C)C. The Morgan fingerprint density at radius 1 is 0.712 bits per heavy atom. The summed E-state index contributed by atoms with van der Waals surface area (Å²) in [5.41, 5.74) is 6.85. The van der Waals surface area contributed by atoms with Crippen molar-refractivity contribution in [2.45, 2.75) is 77.5 Å². The van der Waals surface area contributed by atoms with Gasteiger partial charge >= 0.3 is 12.2 Å². The van der Waals surface area contributed by atoms with E-state index in [1.165, 1.54) is 14.2 Å². The number of furan rings is 1.